The highest BCUT2D eigenvalue weighted by molar-refractivity contribution is 9.10. The molecule has 0 unspecified atom stereocenters. The summed E-state index contributed by atoms with van der Waals surface area (Å²) in [5.74, 6) is 0. The number of aromatic nitrogens is 3. The number of hydrogen-bond acceptors (Lipinski definition) is 5. The normalized spacial score (nSPS) is 14.9. The predicted octanol–water partition coefficient (Wildman–Crippen LogP) is 4.68. The van der Waals surface area contributed by atoms with Gasteiger partial charge in [0.2, 0.25) is 10.0 Å². The SMILES string of the molecule is CC(C)(C)N(Cc1cn(Cc2ccccc2)nn1)S(=O)(=O)c1ccc(N2CCCC2)cc1Br. The van der Waals surface area contributed by atoms with Gasteiger partial charge in [-0.2, -0.15) is 4.31 Å². The standard InChI is InChI=1S/C24H30BrN5O2S/c1-24(2,3)30(18-20-17-29(27-26-20)16-19-9-5-4-6-10-19)33(31,32)23-12-11-21(15-22(23)25)28-13-7-8-14-28/h4-6,9-12,15,17H,7-8,13-14,16,18H2,1-3H3. The summed E-state index contributed by atoms with van der Waals surface area (Å²) in [6, 6.07) is 15.5. The van der Waals surface area contributed by atoms with Crippen molar-refractivity contribution in [3.05, 3.63) is 70.5 Å². The van der Waals surface area contributed by atoms with Crippen LogP contribution in [0.25, 0.3) is 0 Å². The molecule has 7 nitrogen and oxygen atoms in total. The van der Waals surface area contributed by atoms with Crippen LogP contribution in [0.1, 0.15) is 44.9 Å². The summed E-state index contributed by atoms with van der Waals surface area (Å²) < 4.78 is 31.3. The van der Waals surface area contributed by atoms with E-state index in [0.717, 1.165) is 24.3 Å². The van der Waals surface area contributed by atoms with Crippen LogP contribution >= 0.6 is 15.9 Å². The topological polar surface area (TPSA) is 71.3 Å². The van der Waals surface area contributed by atoms with E-state index in [1.54, 1.807) is 10.7 Å². The number of halogens is 1. The van der Waals surface area contributed by atoms with Crippen molar-refractivity contribution < 1.29 is 8.42 Å². The van der Waals surface area contributed by atoms with Crippen LogP contribution in [0.5, 0.6) is 0 Å². The average molecular weight is 533 g/mol. The van der Waals surface area contributed by atoms with Gasteiger partial charge >= 0.3 is 0 Å². The molecule has 2 heterocycles. The van der Waals surface area contributed by atoms with Crippen LogP contribution in [-0.2, 0) is 23.1 Å². The Kier molecular flexibility index (Phi) is 6.93. The Balaban J connectivity index is 1.58. The van der Waals surface area contributed by atoms with Crippen molar-refractivity contribution in [1.29, 1.82) is 0 Å². The molecule has 1 fully saturated rings. The van der Waals surface area contributed by atoms with Crippen LogP contribution < -0.4 is 4.90 Å². The fourth-order valence-electron chi connectivity index (χ4n) is 4.08. The maximum absolute atomic E-state index is 13.8. The van der Waals surface area contributed by atoms with Gasteiger partial charge in [-0.15, -0.1) is 5.10 Å². The molecule has 3 aromatic rings. The third-order valence-corrected chi connectivity index (χ3v) is 8.87. The van der Waals surface area contributed by atoms with Crippen LogP contribution in [0.15, 0.2) is 64.1 Å². The van der Waals surface area contributed by atoms with Crippen molar-refractivity contribution in [2.24, 2.45) is 0 Å². The second kappa shape index (κ2) is 9.56. The molecule has 1 aliphatic rings. The molecule has 1 aromatic heterocycles. The molecule has 0 saturated carbocycles. The molecule has 9 heteroatoms. The maximum Gasteiger partial charge on any atom is 0.245 e. The number of hydrogen-bond donors (Lipinski definition) is 0. The molecular formula is C24H30BrN5O2S. The Hall–Kier alpha value is -2.23. The number of rotatable bonds is 7. The molecule has 2 aromatic carbocycles. The van der Waals surface area contributed by atoms with Crippen molar-refractivity contribution in [2.75, 3.05) is 18.0 Å². The molecule has 4 rings (SSSR count). The Morgan fingerprint density at radius 3 is 2.39 bits per heavy atom. The van der Waals surface area contributed by atoms with E-state index in [4.69, 9.17) is 0 Å². The number of sulfonamides is 1. The first-order chi connectivity index (χ1) is 15.6. The van der Waals surface area contributed by atoms with E-state index in [-0.39, 0.29) is 11.4 Å². The Bertz CT molecular complexity index is 1200. The second-order valence-electron chi connectivity index (χ2n) is 9.38. The number of anilines is 1. The van der Waals surface area contributed by atoms with Crippen LogP contribution in [0.4, 0.5) is 5.69 Å². The smallest absolute Gasteiger partial charge is 0.245 e. The van der Waals surface area contributed by atoms with Gasteiger partial charge in [0.25, 0.3) is 0 Å². The van der Waals surface area contributed by atoms with Gasteiger partial charge in [-0.05, 0) is 73.3 Å². The Morgan fingerprint density at radius 1 is 1.06 bits per heavy atom. The van der Waals surface area contributed by atoms with E-state index in [1.807, 2.05) is 69.4 Å². The van der Waals surface area contributed by atoms with E-state index in [9.17, 15) is 8.42 Å². The second-order valence-corrected chi connectivity index (χ2v) is 12.1. The Labute approximate surface area is 204 Å². The monoisotopic (exact) mass is 531 g/mol. The van der Waals surface area contributed by atoms with Gasteiger partial charge in [-0.1, -0.05) is 35.5 Å². The molecule has 0 amide bonds. The maximum atomic E-state index is 13.8. The first-order valence-corrected chi connectivity index (χ1v) is 13.4. The third-order valence-electron chi connectivity index (χ3n) is 5.78. The minimum Gasteiger partial charge on any atom is -0.372 e. The summed E-state index contributed by atoms with van der Waals surface area (Å²) in [6.45, 7) is 8.42. The molecule has 0 bridgehead atoms. The molecular weight excluding hydrogens is 502 g/mol. The fourth-order valence-corrected chi connectivity index (χ4v) is 6.86. The Morgan fingerprint density at radius 2 is 1.76 bits per heavy atom. The van der Waals surface area contributed by atoms with Gasteiger partial charge in [0.15, 0.2) is 0 Å². The van der Waals surface area contributed by atoms with Crippen molar-refractivity contribution in [3.8, 4) is 0 Å². The molecule has 1 saturated heterocycles. The zero-order valence-electron chi connectivity index (χ0n) is 19.3. The number of benzene rings is 2. The highest BCUT2D eigenvalue weighted by atomic mass is 79.9. The zero-order valence-corrected chi connectivity index (χ0v) is 21.7. The summed E-state index contributed by atoms with van der Waals surface area (Å²) in [6.07, 6.45) is 4.15. The molecule has 1 aliphatic heterocycles. The lowest BCUT2D eigenvalue weighted by atomic mass is 10.1. The predicted molar refractivity (Wildman–Crippen MR) is 134 cm³/mol. The summed E-state index contributed by atoms with van der Waals surface area (Å²) >= 11 is 3.53. The molecule has 176 valence electrons. The van der Waals surface area contributed by atoms with Gasteiger partial charge in [0.1, 0.15) is 0 Å². The summed E-state index contributed by atoms with van der Waals surface area (Å²) in [5.41, 5.74) is 2.12. The van der Waals surface area contributed by atoms with E-state index < -0.39 is 15.6 Å². The quantitative estimate of drug-likeness (QED) is 0.442. The van der Waals surface area contributed by atoms with Gasteiger partial charge in [-0.25, -0.2) is 13.1 Å². The first-order valence-electron chi connectivity index (χ1n) is 11.1. The summed E-state index contributed by atoms with van der Waals surface area (Å²) in [7, 11) is -3.79. The molecule has 33 heavy (non-hydrogen) atoms. The highest BCUT2D eigenvalue weighted by Crippen LogP contribution is 2.34. The lowest BCUT2D eigenvalue weighted by Gasteiger charge is -2.34. The van der Waals surface area contributed by atoms with Crippen molar-refractivity contribution >= 4 is 31.6 Å². The molecule has 0 radical (unpaired) electrons. The van der Waals surface area contributed by atoms with Crippen LogP contribution in [0.3, 0.4) is 0 Å². The lowest BCUT2D eigenvalue weighted by Crippen LogP contribution is -2.45. The molecule has 0 N–H and O–H groups in total. The fraction of sp³-hybridized carbons (Fsp3) is 0.417. The van der Waals surface area contributed by atoms with Crippen LogP contribution in [-0.4, -0.2) is 46.3 Å². The minimum atomic E-state index is -3.79. The first kappa shape index (κ1) is 23.9. The van der Waals surface area contributed by atoms with E-state index >= 15 is 0 Å². The minimum absolute atomic E-state index is 0.140. The summed E-state index contributed by atoms with van der Waals surface area (Å²) in [5, 5.41) is 8.46. The molecule has 0 atom stereocenters. The lowest BCUT2D eigenvalue weighted by molar-refractivity contribution is 0.240. The zero-order chi connectivity index (χ0) is 23.6. The third kappa shape index (κ3) is 5.47. The van der Waals surface area contributed by atoms with Gasteiger partial charge in [0, 0.05) is 28.8 Å². The van der Waals surface area contributed by atoms with Gasteiger partial charge in [0.05, 0.1) is 29.9 Å². The highest BCUT2D eigenvalue weighted by Gasteiger charge is 2.36. The van der Waals surface area contributed by atoms with E-state index in [1.165, 1.54) is 17.1 Å². The van der Waals surface area contributed by atoms with E-state index in [0.29, 0.717) is 16.7 Å². The van der Waals surface area contributed by atoms with Gasteiger partial charge in [-0.3, -0.25) is 0 Å². The van der Waals surface area contributed by atoms with Crippen LogP contribution in [0, 0.1) is 0 Å². The van der Waals surface area contributed by atoms with Crippen LogP contribution in [0.2, 0.25) is 0 Å². The molecule has 0 aliphatic carbocycles. The van der Waals surface area contributed by atoms with E-state index in [2.05, 4.69) is 31.1 Å². The van der Waals surface area contributed by atoms with Crippen molar-refractivity contribution in [3.63, 3.8) is 0 Å². The number of nitrogens with zero attached hydrogens (tertiary/aromatic N) is 5. The molecule has 0 spiro atoms. The largest absolute Gasteiger partial charge is 0.372 e. The van der Waals surface area contributed by atoms with Crippen molar-refractivity contribution in [1.82, 2.24) is 19.3 Å². The van der Waals surface area contributed by atoms with Gasteiger partial charge < -0.3 is 4.90 Å². The average Bonchev–Trinajstić information content (AvgIpc) is 3.44. The summed E-state index contributed by atoms with van der Waals surface area (Å²) in [4.78, 5) is 2.55. The van der Waals surface area contributed by atoms with Crippen molar-refractivity contribution in [2.45, 2.75) is 57.1 Å².